The van der Waals surface area contributed by atoms with E-state index in [1.165, 1.54) is 18.2 Å². The van der Waals surface area contributed by atoms with Crippen LogP contribution in [0.3, 0.4) is 0 Å². The van der Waals surface area contributed by atoms with Crippen LogP contribution in [0.2, 0.25) is 0 Å². The van der Waals surface area contributed by atoms with Crippen LogP contribution in [-0.4, -0.2) is 18.5 Å². The van der Waals surface area contributed by atoms with Gasteiger partial charge in [-0.2, -0.15) is 0 Å². The molecule has 1 aliphatic heterocycles. The lowest BCUT2D eigenvalue weighted by molar-refractivity contribution is -0.117. The van der Waals surface area contributed by atoms with Gasteiger partial charge in [-0.05, 0) is 12.1 Å². The Kier molecular flexibility index (Phi) is 1.92. The van der Waals surface area contributed by atoms with Gasteiger partial charge in [0.1, 0.15) is 12.4 Å². The van der Waals surface area contributed by atoms with E-state index in [1.807, 2.05) is 0 Å². The normalized spacial score (nSPS) is 15.9. The molecule has 1 N–H and O–H groups in total. The van der Waals surface area contributed by atoms with E-state index in [2.05, 4.69) is 5.32 Å². The quantitative estimate of drug-likeness (QED) is 0.674. The number of halogens is 1. The number of hydrogen-bond donors (Lipinski definition) is 1. The van der Waals surface area contributed by atoms with Crippen LogP contribution >= 0.6 is 0 Å². The Balaban J connectivity index is 2.36. The molecule has 0 radical (unpaired) electrons. The SMILES string of the molecule is O=C1CN(c2ccccc2F)C(=O)N1. The third kappa shape index (κ3) is 1.32. The number of nitrogens with zero attached hydrogens (tertiary/aromatic N) is 1. The van der Waals surface area contributed by atoms with Crippen molar-refractivity contribution in [3.63, 3.8) is 0 Å². The van der Waals surface area contributed by atoms with Crippen LogP contribution in [0.25, 0.3) is 0 Å². The van der Waals surface area contributed by atoms with E-state index < -0.39 is 17.8 Å². The molecule has 5 heteroatoms. The molecule has 0 bridgehead atoms. The molecule has 72 valence electrons. The predicted octanol–water partition coefficient (Wildman–Crippen LogP) is 0.882. The molecule has 1 saturated heterocycles. The zero-order chi connectivity index (χ0) is 10.1. The summed E-state index contributed by atoms with van der Waals surface area (Å²) in [7, 11) is 0. The minimum absolute atomic E-state index is 0.121. The number of benzene rings is 1. The average molecular weight is 194 g/mol. The first-order valence-electron chi connectivity index (χ1n) is 4.04. The number of amides is 3. The van der Waals surface area contributed by atoms with Gasteiger partial charge < -0.3 is 0 Å². The second kappa shape index (κ2) is 3.10. The molecule has 0 spiro atoms. The summed E-state index contributed by atoms with van der Waals surface area (Å²) in [6.45, 7) is -0.125. The molecule has 2 rings (SSSR count). The van der Waals surface area contributed by atoms with Gasteiger partial charge in [0.15, 0.2) is 0 Å². The monoisotopic (exact) mass is 194 g/mol. The van der Waals surface area contributed by atoms with Crippen molar-refractivity contribution in [1.82, 2.24) is 5.32 Å². The van der Waals surface area contributed by atoms with Crippen molar-refractivity contribution in [2.45, 2.75) is 0 Å². The number of carbonyl (C=O) groups excluding carboxylic acids is 2. The molecular weight excluding hydrogens is 187 g/mol. The standard InChI is InChI=1S/C9H7FN2O2/c10-6-3-1-2-4-7(6)12-5-8(13)11-9(12)14/h1-4H,5H2,(H,11,13,14). The molecule has 1 fully saturated rings. The van der Waals surface area contributed by atoms with Gasteiger partial charge in [-0.3, -0.25) is 15.0 Å². The lowest BCUT2D eigenvalue weighted by atomic mass is 10.3. The third-order valence-corrected chi connectivity index (χ3v) is 1.94. The lowest BCUT2D eigenvalue weighted by Crippen LogP contribution is -2.28. The Morgan fingerprint density at radius 2 is 2.00 bits per heavy atom. The summed E-state index contributed by atoms with van der Waals surface area (Å²) in [5.41, 5.74) is 0.121. The van der Waals surface area contributed by atoms with E-state index in [-0.39, 0.29) is 12.2 Å². The van der Waals surface area contributed by atoms with Gasteiger partial charge in [-0.15, -0.1) is 0 Å². The molecule has 4 nitrogen and oxygen atoms in total. The first-order chi connectivity index (χ1) is 6.68. The molecule has 1 aromatic carbocycles. The summed E-state index contributed by atoms with van der Waals surface area (Å²) in [5, 5.41) is 2.07. The van der Waals surface area contributed by atoms with Crippen molar-refractivity contribution < 1.29 is 14.0 Å². The second-order valence-corrected chi connectivity index (χ2v) is 2.89. The van der Waals surface area contributed by atoms with E-state index >= 15 is 0 Å². The molecule has 1 aromatic rings. The second-order valence-electron chi connectivity index (χ2n) is 2.89. The third-order valence-electron chi connectivity index (χ3n) is 1.94. The maximum Gasteiger partial charge on any atom is 0.329 e. The molecule has 0 atom stereocenters. The summed E-state index contributed by atoms with van der Waals surface area (Å²) >= 11 is 0. The van der Waals surface area contributed by atoms with Gasteiger partial charge >= 0.3 is 6.03 Å². The van der Waals surface area contributed by atoms with E-state index in [0.29, 0.717) is 0 Å². The van der Waals surface area contributed by atoms with E-state index in [0.717, 1.165) is 4.90 Å². The van der Waals surface area contributed by atoms with Crippen molar-refractivity contribution in [2.24, 2.45) is 0 Å². The lowest BCUT2D eigenvalue weighted by Gasteiger charge is -2.13. The fourth-order valence-corrected chi connectivity index (χ4v) is 1.31. The van der Waals surface area contributed by atoms with Crippen LogP contribution in [0.1, 0.15) is 0 Å². The van der Waals surface area contributed by atoms with Crippen molar-refractivity contribution in [1.29, 1.82) is 0 Å². The molecule has 0 saturated carbocycles. The largest absolute Gasteiger partial charge is 0.329 e. The maximum absolute atomic E-state index is 13.2. The Labute approximate surface area is 79.3 Å². The fraction of sp³-hybridized carbons (Fsp3) is 0.111. The summed E-state index contributed by atoms with van der Waals surface area (Å²) in [5.74, 6) is -0.935. The number of imide groups is 1. The Morgan fingerprint density at radius 3 is 2.57 bits per heavy atom. The van der Waals surface area contributed by atoms with Crippen LogP contribution < -0.4 is 10.2 Å². The number of carbonyl (C=O) groups is 2. The molecule has 3 amide bonds. The number of hydrogen-bond acceptors (Lipinski definition) is 2. The van der Waals surface area contributed by atoms with Crippen LogP contribution in [0.15, 0.2) is 24.3 Å². The van der Waals surface area contributed by atoms with Crippen molar-refractivity contribution in [2.75, 3.05) is 11.4 Å². The Morgan fingerprint density at radius 1 is 1.29 bits per heavy atom. The average Bonchev–Trinajstić information content (AvgIpc) is 2.46. The molecule has 0 aliphatic carbocycles. The van der Waals surface area contributed by atoms with E-state index in [9.17, 15) is 14.0 Å². The van der Waals surface area contributed by atoms with Crippen LogP contribution in [-0.2, 0) is 4.79 Å². The van der Waals surface area contributed by atoms with E-state index in [4.69, 9.17) is 0 Å². The Hall–Kier alpha value is -1.91. The van der Waals surface area contributed by atoms with Gasteiger partial charge in [0.2, 0.25) is 5.91 Å². The summed E-state index contributed by atoms with van der Waals surface area (Å²) in [6.07, 6.45) is 0. The minimum atomic E-state index is -0.583. The maximum atomic E-state index is 13.2. The van der Waals surface area contributed by atoms with Gasteiger partial charge in [-0.25, -0.2) is 9.18 Å². The van der Waals surface area contributed by atoms with Crippen LogP contribution in [0, 0.1) is 5.82 Å². The fourth-order valence-electron chi connectivity index (χ4n) is 1.31. The van der Waals surface area contributed by atoms with Gasteiger partial charge in [-0.1, -0.05) is 12.1 Å². The number of anilines is 1. The number of para-hydroxylation sites is 1. The highest BCUT2D eigenvalue weighted by atomic mass is 19.1. The highest BCUT2D eigenvalue weighted by molar-refractivity contribution is 6.12. The molecule has 1 aliphatic rings. The summed E-state index contributed by atoms with van der Waals surface area (Å²) in [6, 6.07) is 5.24. The molecule has 14 heavy (non-hydrogen) atoms. The van der Waals surface area contributed by atoms with Gasteiger partial charge in [0.05, 0.1) is 5.69 Å². The first-order valence-corrected chi connectivity index (χ1v) is 4.04. The van der Waals surface area contributed by atoms with Crippen molar-refractivity contribution >= 4 is 17.6 Å². The minimum Gasteiger partial charge on any atom is -0.282 e. The first kappa shape index (κ1) is 8.68. The van der Waals surface area contributed by atoms with Crippen molar-refractivity contribution in [3.8, 4) is 0 Å². The van der Waals surface area contributed by atoms with Crippen molar-refractivity contribution in [3.05, 3.63) is 30.1 Å². The Bertz CT molecular complexity index is 406. The zero-order valence-electron chi connectivity index (χ0n) is 7.16. The molecule has 0 unspecified atom stereocenters. The zero-order valence-corrected chi connectivity index (χ0v) is 7.16. The van der Waals surface area contributed by atoms with Crippen LogP contribution in [0.5, 0.6) is 0 Å². The summed E-state index contributed by atoms with van der Waals surface area (Å²) < 4.78 is 13.2. The molecular formula is C9H7FN2O2. The highest BCUT2D eigenvalue weighted by Gasteiger charge is 2.29. The van der Waals surface area contributed by atoms with E-state index in [1.54, 1.807) is 6.07 Å². The predicted molar refractivity (Wildman–Crippen MR) is 47.3 cm³/mol. The molecule has 0 aromatic heterocycles. The topological polar surface area (TPSA) is 49.4 Å². The smallest absolute Gasteiger partial charge is 0.282 e. The number of rotatable bonds is 1. The number of urea groups is 1. The van der Waals surface area contributed by atoms with Crippen LogP contribution in [0.4, 0.5) is 14.9 Å². The summed E-state index contributed by atoms with van der Waals surface area (Å²) in [4.78, 5) is 23.1. The van der Waals surface area contributed by atoms with Gasteiger partial charge in [0.25, 0.3) is 0 Å². The van der Waals surface area contributed by atoms with Gasteiger partial charge in [0, 0.05) is 0 Å². The molecule has 1 heterocycles. The highest BCUT2D eigenvalue weighted by Crippen LogP contribution is 2.20. The number of nitrogens with one attached hydrogen (secondary N) is 1.